The molecule has 3 aromatic rings. The molecular weight excluding hydrogens is 298 g/mol. The third-order valence-electron chi connectivity index (χ3n) is 4.13. The first-order valence-electron chi connectivity index (χ1n) is 8.33. The monoisotopic (exact) mass is 323 g/mol. The Morgan fingerprint density at radius 1 is 1.25 bits per heavy atom. The van der Waals surface area contributed by atoms with Crippen molar-refractivity contribution in [3.05, 3.63) is 60.0 Å². The third kappa shape index (κ3) is 3.62. The van der Waals surface area contributed by atoms with Gasteiger partial charge in [0.1, 0.15) is 0 Å². The van der Waals surface area contributed by atoms with Gasteiger partial charge in [0.15, 0.2) is 5.96 Å². The van der Waals surface area contributed by atoms with Crippen LogP contribution in [-0.4, -0.2) is 34.0 Å². The molecule has 2 N–H and O–H groups in total. The van der Waals surface area contributed by atoms with Crippen molar-refractivity contribution in [3.8, 4) is 0 Å². The minimum atomic E-state index is 0.633. The van der Waals surface area contributed by atoms with Crippen LogP contribution in [0.1, 0.15) is 18.3 Å². The number of aliphatic imine (C=N–C) groups is 1. The average Bonchev–Trinajstić information content (AvgIpc) is 3.17. The first-order chi connectivity index (χ1) is 11.7. The van der Waals surface area contributed by atoms with E-state index in [0.29, 0.717) is 6.54 Å². The Morgan fingerprint density at radius 2 is 2.08 bits per heavy atom. The Bertz CT molecular complexity index is 794. The minimum Gasteiger partial charge on any atom is -0.357 e. The fourth-order valence-electron chi connectivity index (χ4n) is 2.83. The van der Waals surface area contributed by atoms with Gasteiger partial charge >= 0.3 is 0 Å². The van der Waals surface area contributed by atoms with Crippen LogP contribution in [0.5, 0.6) is 0 Å². The lowest BCUT2D eigenvalue weighted by Gasteiger charge is -2.22. The van der Waals surface area contributed by atoms with E-state index < -0.39 is 0 Å². The Hall–Kier alpha value is -2.69. The maximum absolute atomic E-state index is 4.78. The summed E-state index contributed by atoms with van der Waals surface area (Å²) in [5.41, 5.74) is 3.54. The van der Waals surface area contributed by atoms with Gasteiger partial charge < -0.3 is 19.8 Å². The highest BCUT2D eigenvalue weighted by molar-refractivity contribution is 5.81. The molecule has 5 heteroatoms. The van der Waals surface area contributed by atoms with Gasteiger partial charge in [0.25, 0.3) is 0 Å². The van der Waals surface area contributed by atoms with Crippen molar-refractivity contribution < 1.29 is 0 Å². The summed E-state index contributed by atoms with van der Waals surface area (Å²) < 4.78 is 2.14. The number of H-pyrrole nitrogens is 1. The molecule has 0 unspecified atom stereocenters. The Labute approximate surface area is 143 Å². The van der Waals surface area contributed by atoms with Crippen molar-refractivity contribution >= 4 is 16.9 Å². The Morgan fingerprint density at radius 3 is 2.79 bits per heavy atom. The van der Waals surface area contributed by atoms with Gasteiger partial charge in [-0.2, -0.15) is 0 Å². The summed E-state index contributed by atoms with van der Waals surface area (Å²) in [7, 11) is 4.14. The van der Waals surface area contributed by atoms with Crippen molar-refractivity contribution in [1.82, 2.24) is 19.8 Å². The molecule has 0 spiro atoms. The largest absolute Gasteiger partial charge is 0.357 e. The highest BCUT2D eigenvalue weighted by Gasteiger charge is 2.08. The maximum Gasteiger partial charge on any atom is 0.194 e. The van der Waals surface area contributed by atoms with Crippen LogP contribution in [0.2, 0.25) is 0 Å². The van der Waals surface area contributed by atoms with Crippen molar-refractivity contribution in [2.75, 3.05) is 13.6 Å². The van der Waals surface area contributed by atoms with Crippen molar-refractivity contribution in [1.29, 1.82) is 0 Å². The number of nitrogens with one attached hydrogen (secondary N) is 2. The molecule has 0 aliphatic rings. The topological polar surface area (TPSA) is 48.4 Å². The molecule has 5 nitrogen and oxygen atoms in total. The molecule has 1 aromatic carbocycles. The van der Waals surface area contributed by atoms with Gasteiger partial charge in [-0.3, -0.25) is 0 Å². The third-order valence-corrected chi connectivity index (χ3v) is 4.13. The molecule has 0 bridgehead atoms. The fourth-order valence-corrected chi connectivity index (χ4v) is 2.83. The second-order valence-electron chi connectivity index (χ2n) is 6.02. The first kappa shape index (κ1) is 16.2. The molecule has 3 rings (SSSR count). The number of aromatic nitrogens is 2. The standard InChI is InChI=1S/C19H25N5/c1-4-20-19(24(3)14-17-9-7-11-23(17)2)21-13-16-12-15-8-5-6-10-18(15)22-16/h5-12,22H,4,13-14H2,1-3H3,(H,20,21). The number of nitrogens with zero attached hydrogens (tertiary/aromatic N) is 3. The quantitative estimate of drug-likeness (QED) is 0.560. The molecule has 126 valence electrons. The number of fused-ring (bicyclic) bond motifs is 1. The lowest BCUT2D eigenvalue weighted by Crippen LogP contribution is -2.38. The van der Waals surface area contributed by atoms with Gasteiger partial charge in [0.2, 0.25) is 0 Å². The van der Waals surface area contributed by atoms with Gasteiger partial charge in [-0.15, -0.1) is 0 Å². The zero-order valence-corrected chi connectivity index (χ0v) is 14.6. The van der Waals surface area contributed by atoms with Gasteiger partial charge in [0.05, 0.1) is 13.1 Å². The van der Waals surface area contributed by atoms with E-state index in [-0.39, 0.29) is 0 Å². The van der Waals surface area contributed by atoms with Crippen LogP contribution in [0.25, 0.3) is 10.9 Å². The molecule has 0 atom stereocenters. The van der Waals surface area contributed by atoms with Gasteiger partial charge in [0, 0.05) is 43.7 Å². The van der Waals surface area contributed by atoms with Gasteiger partial charge in [-0.05, 0) is 36.6 Å². The summed E-state index contributed by atoms with van der Waals surface area (Å²) >= 11 is 0. The lowest BCUT2D eigenvalue weighted by molar-refractivity contribution is 0.462. The second kappa shape index (κ2) is 7.25. The highest BCUT2D eigenvalue weighted by atomic mass is 15.3. The molecule has 24 heavy (non-hydrogen) atoms. The molecule has 2 aromatic heterocycles. The number of guanidine groups is 1. The molecule has 0 fully saturated rings. The zero-order valence-electron chi connectivity index (χ0n) is 14.6. The van der Waals surface area contributed by atoms with Crippen molar-refractivity contribution in [2.24, 2.45) is 12.0 Å². The SMILES string of the molecule is CCNC(=NCc1cc2ccccc2[nH]1)N(C)Cc1cccn1C. The molecule has 0 saturated heterocycles. The van der Waals surface area contributed by atoms with E-state index in [1.165, 1.54) is 11.1 Å². The van der Waals surface area contributed by atoms with E-state index in [1.807, 2.05) is 6.07 Å². The van der Waals surface area contributed by atoms with Gasteiger partial charge in [-0.1, -0.05) is 18.2 Å². The van der Waals surface area contributed by atoms with Crippen LogP contribution >= 0.6 is 0 Å². The number of rotatable bonds is 5. The van der Waals surface area contributed by atoms with Crippen molar-refractivity contribution in [3.63, 3.8) is 0 Å². The summed E-state index contributed by atoms with van der Waals surface area (Å²) in [5.74, 6) is 0.914. The van der Waals surface area contributed by atoms with E-state index in [4.69, 9.17) is 4.99 Å². The molecule has 0 aliphatic heterocycles. The van der Waals surface area contributed by atoms with Crippen LogP contribution in [0.4, 0.5) is 0 Å². The summed E-state index contributed by atoms with van der Waals surface area (Å²) in [6, 6.07) is 14.7. The number of hydrogen-bond acceptors (Lipinski definition) is 1. The fraction of sp³-hybridized carbons (Fsp3) is 0.316. The second-order valence-corrected chi connectivity index (χ2v) is 6.02. The van der Waals surface area contributed by atoms with E-state index in [2.05, 4.69) is 83.4 Å². The van der Waals surface area contributed by atoms with E-state index in [1.54, 1.807) is 0 Å². The summed E-state index contributed by atoms with van der Waals surface area (Å²) in [6.07, 6.45) is 2.07. The number of benzene rings is 1. The predicted molar refractivity (Wildman–Crippen MR) is 100.0 cm³/mol. The molecule has 0 aliphatic carbocycles. The van der Waals surface area contributed by atoms with Crippen LogP contribution in [0, 0.1) is 0 Å². The Kier molecular flexibility index (Phi) is 4.89. The summed E-state index contributed by atoms with van der Waals surface area (Å²) in [4.78, 5) is 10.4. The average molecular weight is 323 g/mol. The number of para-hydroxylation sites is 1. The smallest absolute Gasteiger partial charge is 0.194 e. The molecular formula is C19H25N5. The first-order valence-corrected chi connectivity index (χ1v) is 8.33. The molecule has 0 radical (unpaired) electrons. The number of hydrogen-bond donors (Lipinski definition) is 2. The zero-order chi connectivity index (χ0) is 16.9. The van der Waals surface area contributed by atoms with Gasteiger partial charge in [-0.25, -0.2) is 4.99 Å². The van der Waals surface area contributed by atoms with E-state index >= 15 is 0 Å². The summed E-state index contributed by atoms with van der Waals surface area (Å²) in [5, 5.41) is 4.60. The van der Waals surface area contributed by atoms with Crippen LogP contribution in [0.3, 0.4) is 0 Å². The molecule has 0 amide bonds. The van der Waals surface area contributed by atoms with E-state index in [9.17, 15) is 0 Å². The van der Waals surface area contributed by atoms with Crippen LogP contribution in [-0.2, 0) is 20.1 Å². The normalized spacial score (nSPS) is 11.9. The lowest BCUT2D eigenvalue weighted by atomic mass is 10.2. The molecule has 2 heterocycles. The summed E-state index contributed by atoms with van der Waals surface area (Å²) in [6.45, 7) is 4.40. The number of aromatic amines is 1. The maximum atomic E-state index is 4.78. The van der Waals surface area contributed by atoms with E-state index in [0.717, 1.165) is 30.3 Å². The predicted octanol–water partition coefficient (Wildman–Crippen LogP) is 3.10. The van der Waals surface area contributed by atoms with Crippen molar-refractivity contribution in [2.45, 2.75) is 20.0 Å². The number of aryl methyl sites for hydroxylation is 1. The molecule has 0 saturated carbocycles. The van der Waals surface area contributed by atoms with Crippen LogP contribution in [0.15, 0.2) is 53.7 Å². The minimum absolute atomic E-state index is 0.633. The highest BCUT2D eigenvalue weighted by Crippen LogP contribution is 2.15. The Balaban J connectivity index is 1.73. The van der Waals surface area contributed by atoms with Crippen LogP contribution < -0.4 is 5.32 Å².